The third kappa shape index (κ3) is 8.38. The molecule has 11 rings (SSSR count). The number of hydrogen-bond donors (Lipinski definition) is 0. The van der Waals surface area contributed by atoms with E-state index in [0.29, 0.717) is 22.2 Å². The lowest BCUT2D eigenvalue weighted by atomic mass is 9.83. The molecule has 5 heterocycles. The highest BCUT2D eigenvalue weighted by Crippen LogP contribution is 2.58. The molecule has 0 saturated carbocycles. The molecule has 2 amide bonds. The number of imidazole rings is 1. The standard InChI is InChI=1S/C57H59N3O3S6/c1-5-9-11-13-15-17-19-33(20-18-16-14-12-10-6-2)59-51(61)40-27-23-36-34-21-25-38-48-39(26-22-35(46(34)48)37-24-28-41(52(59)62)49(40)47(36)37)53(63)60-43-32-45-44(31-42(43)58-50(38)60)66-56(67-45)57-68-54(64-29-7-3)55(69-57)65-30-8-4/h21-28,31-33H,5-20,29-30H2,1-4H3. The van der Waals surface area contributed by atoms with Crippen LogP contribution in [-0.4, -0.2) is 43.6 Å². The van der Waals surface area contributed by atoms with Crippen molar-refractivity contribution in [1.82, 2.24) is 14.3 Å². The molecule has 0 radical (unpaired) electrons. The van der Waals surface area contributed by atoms with Crippen molar-refractivity contribution in [3.8, 4) is 0 Å². The van der Waals surface area contributed by atoms with Crippen LogP contribution in [0.1, 0.15) is 151 Å². The smallest absolute Gasteiger partial charge is 0.264 e. The number of thioether (sulfide) groups is 4. The first-order valence-electron chi connectivity index (χ1n) is 25.5. The molecular weight excluding hydrogens is 967 g/mol. The number of carbonyl (C=O) groups is 2. The molecule has 0 bridgehead atoms. The minimum Gasteiger partial charge on any atom is -0.271 e. The summed E-state index contributed by atoms with van der Waals surface area (Å²) >= 11 is 11.5. The van der Waals surface area contributed by atoms with Gasteiger partial charge in [0.05, 0.1) is 23.7 Å². The van der Waals surface area contributed by atoms with Gasteiger partial charge in [-0.1, -0.05) is 153 Å². The molecule has 0 unspecified atom stereocenters. The fourth-order valence-corrected chi connectivity index (χ4v) is 19.5. The maximum atomic E-state index is 14.9. The Morgan fingerprint density at radius 2 is 1.01 bits per heavy atom. The van der Waals surface area contributed by atoms with Crippen molar-refractivity contribution >= 4 is 166 Å². The van der Waals surface area contributed by atoms with Crippen molar-refractivity contribution < 1.29 is 9.59 Å². The summed E-state index contributed by atoms with van der Waals surface area (Å²) in [6, 6.07) is 20.8. The molecular formula is C57H59N3O3S6. The summed E-state index contributed by atoms with van der Waals surface area (Å²) in [5.74, 6) is 1.95. The first-order chi connectivity index (χ1) is 33.8. The molecule has 69 heavy (non-hydrogen) atoms. The molecule has 0 N–H and O–H groups in total. The fraction of sp³-hybridized carbons (Fsp3) is 0.404. The third-order valence-electron chi connectivity index (χ3n) is 14.3. The van der Waals surface area contributed by atoms with E-state index in [1.165, 1.54) is 77.3 Å². The number of nitrogens with zero attached hydrogens (tertiary/aromatic N) is 3. The lowest BCUT2D eigenvalue weighted by Crippen LogP contribution is -2.47. The van der Waals surface area contributed by atoms with E-state index >= 15 is 0 Å². The molecule has 0 aliphatic carbocycles. The van der Waals surface area contributed by atoms with Crippen LogP contribution in [0.5, 0.6) is 0 Å². The Bertz CT molecular complexity index is 3510. The van der Waals surface area contributed by atoms with Gasteiger partial charge >= 0.3 is 0 Å². The SMILES string of the molecule is CCCCCCCCC(CCCCCCCC)N1C(=O)c2ccc3c4ccc5c(=O)n6c7cc8sc(=C9SC(SCCC)=C(SCCC)S9)sc8cc7nc6c6ccc(c7ccc(c2c37)C1=O)c4c56. The molecule has 0 fully saturated rings. The van der Waals surface area contributed by atoms with Gasteiger partial charge in [-0.2, -0.15) is 0 Å². The second-order valence-electron chi connectivity index (χ2n) is 19.0. The highest BCUT2D eigenvalue weighted by Gasteiger charge is 2.38. The van der Waals surface area contributed by atoms with Gasteiger partial charge in [0.1, 0.15) is 9.49 Å². The monoisotopic (exact) mass is 1030 g/mol. The second kappa shape index (κ2) is 20.4. The number of pyridine rings is 1. The molecule has 3 aromatic heterocycles. The van der Waals surface area contributed by atoms with E-state index < -0.39 is 0 Å². The van der Waals surface area contributed by atoms with Crippen LogP contribution in [0.25, 0.3) is 84.2 Å². The number of imide groups is 1. The average molecular weight is 1030 g/mol. The van der Waals surface area contributed by atoms with Crippen LogP contribution in [0.3, 0.4) is 0 Å². The zero-order valence-corrected chi connectivity index (χ0v) is 45.0. The first-order valence-corrected chi connectivity index (χ1v) is 30.7. The summed E-state index contributed by atoms with van der Waals surface area (Å²) in [6.07, 6.45) is 18.2. The number of amides is 2. The van der Waals surface area contributed by atoms with Gasteiger partial charge in [0, 0.05) is 48.1 Å². The molecule has 2 aliphatic rings. The molecule has 0 spiro atoms. The highest BCUT2D eigenvalue weighted by molar-refractivity contribution is 8.45. The van der Waals surface area contributed by atoms with Crippen LogP contribution < -0.4 is 9.41 Å². The van der Waals surface area contributed by atoms with Gasteiger partial charge in [-0.3, -0.25) is 23.7 Å². The van der Waals surface area contributed by atoms with Gasteiger partial charge in [-0.15, -0.1) is 46.2 Å². The van der Waals surface area contributed by atoms with Crippen LogP contribution in [0.2, 0.25) is 0 Å². The Hall–Kier alpha value is -3.78. The van der Waals surface area contributed by atoms with Crippen LogP contribution in [0.4, 0.5) is 0 Å². The van der Waals surface area contributed by atoms with Crippen molar-refractivity contribution in [1.29, 1.82) is 0 Å². The minimum absolute atomic E-state index is 0.0667. The number of carbonyl (C=O) groups excluding carboxylic acids is 2. The normalized spacial score (nSPS) is 14.7. The molecule has 2 aliphatic heterocycles. The minimum atomic E-state index is -0.158. The first kappa shape index (κ1) is 47.5. The van der Waals surface area contributed by atoms with Crippen molar-refractivity contribution in [2.75, 3.05) is 11.5 Å². The molecule has 356 valence electrons. The van der Waals surface area contributed by atoms with Crippen LogP contribution in [-0.2, 0) is 0 Å². The van der Waals surface area contributed by atoms with Crippen molar-refractivity contribution in [2.45, 2.75) is 136 Å². The van der Waals surface area contributed by atoms with E-state index in [4.69, 9.17) is 4.98 Å². The second-order valence-corrected chi connectivity index (χ2v) is 26.4. The summed E-state index contributed by atoms with van der Waals surface area (Å²) in [7, 11) is 0. The summed E-state index contributed by atoms with van der Waals surface area (Å²) < 4.78 is 9.75. The number of aromatic nitrogens is 2. The van der Waals surface area contributed by atoms with Gasteiger partial charge in [-0.25, -0.2) is 4.98 Å². The molecule has 6 aromatic carbocycles. The Morgan fingerprint density at radius 1 is 0.536 bits per heavy atom. The number of hydrogen-bond acceptors (Lipinski definition) is 10. The van der Waals surface area contributed by atoms with E-state index in [0.717, 1.165) is 122 Å². The van der Waals surface area contributed by atoms with E-state index in [-0.39, 0.29) is 23.4 Å². The number of benzene rings is 6. The summed E-state index contributed by atoms with van der Waals surface area (Å²) in [5.41, 5.74) is 3.51. The van der Waals surface area contributed by atoms with Gasteiger partial charge in [0.2, 0.25) is 0 Å². The topological polar surface area (TPSA) is 71.8 Å². The summed E-state index contributed by atoms with van der Waals surface area (Å²) in [5, 5.41) is 9.30. The third-order valence-corrected chi connectivity index (χ3v) is 23.3. The van der Waals surface area contributed by atoms with Gasteiger partial charge in [-0.05, 0) is 106 Å². The van der Waals surface area contributed by atoms with Gasteiger partial charge in [0.15, 0.2) is 0 Å². The average Bonchev–Trinajstić information content (AvgIpc) is 4.09. The zero-order valence-electron chi connectivity index (χ0n) is 40.1. The molecule has 0 atom stereocenters. The van der Waals surface area contributed by atoms with Crippen molar-refractivity contribution in [2.24, 2.45) is 0 Å². The quantitative estimate of drug-likeness (QED) is 0.0305. The molecule has 9 aromatic rings. The Labute approximate surface area is 428 Å². The van der Waals surface area contributed by atoms with Crippen LogP contribution in [0.15, 0.2) is 73.9 Å². The van der Waals surface area contributed by atoms with Crippen LogP contribution >= 0.6 is 69.7 Å². The highest BCUT2D eigenvalue weighted by atomic mass is 32.3. The van der Waals surface area contributed by atoms with E-state index in [1.54, 1.807) is 4.90 Å². The Morgan fingerprint density at radius 3 is 1.58 bits per heavy atom. The lowest BCUT2D eigenvalue weighted by molar-refractivity contribution is 0.0517. The molecule has 12 heteroatoms. The van der Waals surface area contributed by atoms with Gasteiger partial charge in [0.25, 0.3) is 17.4 Å². The number of fused-ring (bicyclic) bond motifs is 7. The zero-order chi connectivity index (χ0) is 47.3. The van der Waals surface area contributed by atoms with E-state index in [9.17, 15) is 14.4 Å². The summed E-state index contributed by atoms with van der Waals surface area (Å²) in [4.78, 5) is 51.4. The maximum absolute atomic E-state index is 14.9. The van der Waals surface area contributed by atoms with Crippen molar-refractivity contribution in [3.63, 3.8) is 0 Å². The number of rotatable bonds is 21. The summed E-state index contributed by atoms with van der Waals surface area (Å²) in [6.45, 7) is 8.98. The predicted molar refractivity (Wildman–Crippen MR) is 308 cm³/mol. The number of unbranched alkanes of at least 4 members (excludes halogenated alkanes) is 10. The van der Waals surface area contributed by atoms with Crippen molar-refractivity contribution in [3.05, 3.63) is 94.5 Å². The largest absolute Gasteiger partial charge is 0.271 e. The maximum Gasteiger partial charge on any atom is 0.264 e. The Kier molecular flexibility index (Phi) is 14.0. The molecule has 0 saturated heterocycles. The Balaban J connectivity index is 0.980. The fourth-order valence-electron chi connectivity index (χ4n) is 11.0. The van der Waals surface area contributed by atoms with E-state index in [2.05, 4.69) is 70.2 Å². The lowest BCUT2D eigenvalue weighted by Gasteiger charge is -2.35. The predicted octanol–water partition coefficient (Wildman–Crippen LogP) is 17.5. The van der Waals surface area contributed by atoms with Crippen LogP contribution in [0, 0.1) is 0 Å². The van der Waals surface area contributed by atoms with E-state index in [1.807, 2.05) is 92.3 Å². The molecule has 6 nitrogen and oxygen atoms in total. The van der Waals surface area contributed by atoms with Gasteiger partial charge < -0.3 is 0 Å².